The Balaban J connectivity index is 3.08. The molecule has 0 saturated carbocycles. The summed E-state index contributed by atoms with van der Waals surface area (Å²) in [5.74, 6) is 0. The minimum absolute atomic E-state index is 0.632. The van der Waals surface area contributed by atoms with Crippen LogP contribution >= 0.6 is 34.4 Å². The van der Waals surface area contributed by atoms with Crippen LogP contribution in [0.1, 0.15) is 0 Å². The highest BCUT2D eigenvalue weighted by Crippen LogP contribution is 2.26. The van der Waals surface area contributed by atoms with Crippen molar-refractivity contribution in [3.63, 3.8) is 0 Å². The SMILES string of the molecule is N#CSc1cncc(I)c1N. The molecule has 0 saturated heterocycles. The van der Waals surface area contributed by atoms with Crippen LogP contribution in [0, 0.1) is 14.2 Å². The molecule has 1 aromatic heterocycles. The molecule has 0 amide bonds. The van der Waals surface area contributed by atoms with E-state index in [1.165, 1.54) is 0 Å². The van der Waals surface area contributed by atoms with Crippen LogP contribution in [0.3, 0.4) is 0 Å². The molecule has 0 aliphatic heterocycles. The van der Waals surface area contributed by atoms with Crippen molar-refractivity contribution >= 4 is 40.0 Å². The number of nitriles is 1. The molecule has 0 fully saturated rings. The third kappa shape index (κ3) is 1.97. The van der Waals surface area contributed by atoms with Crippen LogP contribution in [0.25, 0.3) is 0 Å². The molecule has 5 heteroatoms. The number of hydrogen-bond donors (Lipinski definition) is 1. The number of nitrogens with zero attached hydrogens (tertiary/aromatic N) is 2. The minimum Gasteiger partial charge on any atom is -0.397 e. The fourth-order valence-corrected chi connectivity index (χ4v) is 1.62. The molecule has 1 rings (SSSR count). The molecule has 56 valence electrons. The highest BCUT2D eigenvalue weighted by Gasteiger charge is 2.02. The van der Waals surface area contributed by atoms with E-state index in [-0.39, 0.29) is 0 Å². The van der Waals surface area contributed by atoms with Crippen LogP contribution in [-0.4, -0.2) is 4.98 Å². The van der Waals surface area contributed by atoms with E-state index in [0.29, 0.717) is 5.69 Å². The Morgan fingerprint density at radius 1 is 1.64 bits per heavy atom. The summed E-state index contributed by atoms with van der Waals surface area (Å²) in [6, 6.07) is 0. The van der Waals surface area contributed by atoms with Gasteiger partial charge in [0.1, 0.15) is 5.40 Å². The normalized spacial score (nSPS) is 9.09. The second-order valence-corrected chi connectivity index (χ2v) is 3.72. The predicted molar refractivity (Wildman–Crippen MR) is 52.8 cm³/mol. The summed E-state index contributed by atoms with van der Waals surface area (Å²) in [5, 5.41) is 10.3. The fourth-order valence-electron chi connectivity index (χ4n) is 0.558. The number of rotatable bonds is 1. The summed E-state index contributed by atoms with van der Waals surface area (Å²) in [4.78, 5) is 4.63. The number of nitrogen functional groups attached to an aromatic ring is 1. The Hall–Kier alpha value is -0.480. The van der Waals surface area contributed by atoms with Gasteiger partial charge in [0.2, 0.25) is 0 Å². The lowest BCUT2D eigenvalue weighted by Gasteiger charge is -1.99. The number of aromatic nitrogens is 1. The van der Waals surface area contributed by atoms with Crippen LogP contribution in [0.15, 0.2) is 17.3 Å². The molecule has 0 radical (unpaired) electrons. The maximum Gasteiger partial charge on any atom is 0.138 e. The zero-order valence-electron chi connectivity index (χ0n) is 5.41. The van der Waals surface area contributed by atoms with Gasteiger partial charge in [-0.15, -0.1) is 0 Å². The van der Waals surface area contributed by atoms with E-state index in [0.717, 1.165) is 20.2 Å². The van der Waals surface area contributed by atoms with E-state index in [1.807, 2.05) is 5.40 Å². The van der Waals surface area contributed by atoms with Crippen molar-refractivity contribution in [2.45, 2.75) is 4.90 Å². The first kappa shape index (κ1) is 8.62. The topological polar surface area (TPSA) is 62.7 Å². The van der Waals surface area contributed by atoms with Crippen LogP contribution < -0.4 is 5.73 Å². The van der Waals surface area contributed by atoms with E-state index in [9.17, 15) is 0 Å². The number of thioether (sulfide) groups is 1. The fraction of sp³-hybridized carbons (Fsp3) is 0. The zero-order chi connectivity index (χ0) is 8.27. The average Bonchev–Trinajstić information content (AvgIpc) is 1.99. The lowest BCUT2D eigenvalue weighted by atomic mass is 10.4. The van der Waals surface area contributed by atoms with Crippen LogP contribution in [-0.2, 0) is 0 Å². The summed E-state index contributed by atoms with van der Waals surface area (Å²) in [6.45, 7) is 0. The molecule has 0 aliphatic rings. The smallest absolute Gasteiger partial charge is 0.138 e. The lowest BCUT2D eigenvalue weighted by molar-refractivity contribution is 1.23. The molecule has 0 atom stereocenters. The first-order valence-corrected chi connectivity index (χ1v) is 4.60. The van der Waals surface area contributed by atoms with Gasteiger partial charge < -0.3 is 5.73 Å². The number of nitrogens with two attached hydrogens (primary N) is 1. The first-order chi connectivity index (χ1) is 5.25. The molecule has 0 aliphatic carbocycles. The lowest BCUT2D eigenvalue weighted by Crippen LogP contribution is -1.92. The molecule has 1 heterocycles. The second-order valence-electron chi connectivity index (χ2n) is 1.73. The summed E-state index contributed by atoms with van der Waals surface area (Å²) in [7, 11) is 0. The molecule has 11 heavy (non-hydrogen) atoms. The minimum atomic E-state index is 0.632. The Kier molecular flexibility index (Phi) is 2.96. The van der Waals surface area contributed by atoms with Gasteiger partial charge in [-0.25, -0.2) is 0 Å². The summed E-state index contributed by atoms with van der Waals surface area (Å²) < 4.78 is 0.878. The summed E-state index contributed by atoms with van der Waals surface area (Å²) >= 11 is 3.11. The Morgan fingerprint density at radius 3 is 3.00 bits per heavy atom. The van der Waals surface area contributed by atoms with Crippen molar-refractivity contribution in [3.05, 3.63) is 16.0 Å². The number of thiocyanates is 1. The van der Waals surface area contributed by atoms with E-state index in [2.05, 4.69) is 27.6 Å². The van der Waals surface area contributed by atoms with Crippen molar-refractivity contribution < 1.29 is 0 Å². The standard InChI is InChI=1S/C6H4IN3S/c7-4-1-10-2-5(6(4)9)11-3-8/h1-2H,(H2,9,10). The van der Waals surface area contributed by atoms with E-state index in [4.69, 9.17) is 11.0 Å². The zero-order valence-corrected chi connectivity index (χ0v) is 8.39. The number of hydrogen-bond acceptors (Lipinski definition) is 4. The Labute approximate surface area is 82.1 Å². The van der Waals surface area contributed by atoms with Gasteiger partial charge in [0.15, 0.2) is 0 Å². The second kappa shape index (κ2) is 3.78. The van der Waals surface area contributed by atoms with Gasteiger partial charge >= 0.3 is 0 Å². The van der Waals surface area contributed by atoms with Crippen molar-refractivity contribution in [1.29, 1.82) is 5.26 Å². The van der Waals surface area contributed by atoms with E-state index >= 15 is 0 Å². The van der Waals surface area contributed by atoms with Gasteiger partial charge in [-0.3, -0.25) is 4.98 Å². The Morgan fingerprint density at radius 2 is 2.36 bits per heavy atom. The van der Waals surface area contributed by atoms with Gasteiger partial charge in [0.25, 0.3) is 0 Å². The summed E-state index contributed by atoms with van der Waals surface area (Å²) in [5.41, 5.74) is 6.28. The largest absolute Gasteiger partial charge is 0.397 e. The maximum atomic E-state index is 8.36. The molecule has 0 bridgehead atoms. The van der Waals surface area contributed by atoms with Crippen LogP contribution in [0.2, 0.25) is 0 Å². The maximum absolute atomic E-state index is 8.36. The highest BCUT2D eigenvalue weighted by molar-refractivity contribution is 14.1. The van der Waals surface area contributed by atoms with E-state index < -0.39 is 0 Å². The molecular weight excluding hydrogens is 273 g/mol. The monoisotopic (exact) mass is 277 g/mol. The number of pyridine rings is 1. The van der Waals surface area contributed by atoms with Gasteiger partial charge in [0.05, 0.1) is 14.2 Å². The molecule has 0 aromatic carbocycles. The van der Waals surface area contributed by atoms with Crippen molar-refractivity contribution in [1.82, 2.24) is 4.98 Å². The van der Waals surface area contributed by atoms with Gasteiger partial charge in [-0.2, -0.15) is 5.26 Å². The van der Waals surface area contributed by atoms with Crippen molar-refractivity contribution in [3.8, 4) is 5.40 Å². The Bertz CT molecular complexity index is 307. The molecule has 0 spiro atoms. The van der Waals surface area contributed by atoms with Gasteiger partial charge in [-0.1, -0.05) is 0 Å². The third-order valence-corrected chi connectivity index (χ3v) is 2.55. The average molecular weight is 277 g/mol. The molecule has 0 unspecified atom stereocenters. The van der Waals surface area contributed by atoms with Gasteiger partial charge in [0, 0.05) is 12.4 Å². The molecule has 2 N–H and O–H groups in total. The molecular formula is C6H4IN3S. The predicted octanol–water partition coefficient (Wildman–Crippen LogP) is 1.84. The van der Waals surface area contributed by atoms with Gasteiger partial charge in [-0.05, 0) is 34.4 Å². The number of halogens is 1. The van der Waals surface area contributed by atoms with E-state index in [1.54, 1.807) is 12.4 Å². The third-order valence-electron chi connectivity index (χ3n) is 1.06. The molecule has 3 nitrogen and oxygen atoms in total. The highest BCUT2D eigenvalue weighted by atomic mass is 127. The summed E-state index contributed by atoms with van der Waals surface area (Å²) in [6.07, 6.45) is 3.25. The van der Waals surface area contributed by atoms with Crippen LogP contribution in [0.5, 0.6) is 0 Å². The quantitative estimate of drug-likeness (QED) is 0.483. The molecule has 1 aromatic rings. The first-order valence-electron chi connectivity index (χ1n) is 2.70. The number of anilines is 1. The van der Waals surface area contributed by atoms with Crippen molar-refractivity contribution in [2.24, 2.45) is 0 Å². The van der Waals surface area contributed by atoms with Crippen molar-refractivity contribution in [2.75, 3.05) is 5.73 Å². The van der Waals surface area contributed by atoms with Crippen LogP contribution in [0.4, 0.5) is 5.69 Å².